The van der Waals surface area contributed by atoms with Gasteiger partial charge in [-0.25, -0.2) is 0 Å². The Hall–Kier alpha value is -2.58. The number of fused-ring (bicyclic) bond motifs is 1. The van der Waals surface area contributed by atoms with Gasteiger partial charge in [0.25, 0.3) is 0 Å². The van der Waals surface area contributed by atoms with Crippen molar-refractivity contribution in [2.75, 3.05) is 19.8 Å². The van der Waals surface area contributed by atoms with Gasteiger partial charge in [-0.15, -0.1) is 18.3 Å². The van der Waals surface area contributed by atoms with E-state index in [1.807, 2.05) is 37.3 Å². The standard InChI is InChI=1S/C28H36N2O5S/c1-5-13-29(16-19-11-9-8-10-12-19)26(33)24-28-18(4)15-21(36-28)22(27(34)35-14-6-2)23(28)25(32)30(24)20(7-3)17-31/h5-6,8-12,18,20-24,31H,1-2,7,13-17H2,3-4H3/t18?,20-,21+,22-,23-,24?,28?/m0/s1. The number of hydrogen-bond acceptors (Lipinski definition) is 6. The number of esters is 1. The van der Waals surface area contributed by atoms with E-state index < -0.39 is 34.6 Å². The van der Waals surface area contributed by atoms with Gasteiger partial charge < -0.3 is 19.6 Å². The Balaban J connectivity index is 1.78. The number of aliphatic hydroxyl groups is 1. The van der Waals surface area contributed by atoms with E-state index in [-0.39, 0.29) is 36.2 Å². The van der Waals surface area contributed by atoms with Crippen molar-refractivity contribution in [1.82, 2.24) is 9.80 Å². The molecule has 1 spiro atoms. The summed E-state index contributed by atoms with van der Waals surface area (Å²) in [5, 5.41) is 10.1. The summed E-state index contributed by atoms with van der Waals surface area (Å²) in [5.41, 5.74) is 0.981. The maximum Gasteiger partial charge on any atom is 0.311 e. The highest BCUT2D eigenvalue weighted by Crippen LogP contribution is 2.69. The maximum absolute atomic E-state index is 14.4. The molecule has 0 radical (unpaired) electrons. The SMILES string of the molecule is C=CCOC(=O)[C@@H]1[C@H]2C(=O)N([C@@H](CC)CO)C(C(=O)N(CC=C)Cc3ccccc3)C23S[C@@H]1CC3C. The fourth-order valence-corrected chi connectivity index (χ4v) is 8.81. The zero-order chi connectivity index (χ0) is 26.0. The maximum atomic E-state index is 14.4. The molecule has 0 aromatic heterocycles. The molecular formula is C28H36N2O5S. The van der Waals surface area contributed by atoms with Gasteiger partial charge in [-0.2, -0.15) is 0 Å². The number of carbonyl (C=O) groups excluding carboxylic acids is 3. The molecule has 2 bridgehead atoms. The van der Waals surface area contributed by atoms with E-state index >= 15 is 0 Å². The number of likely N-dealkylation sites (tertiary alicyclic amines) is 1. The van der Waals surface area contributed by atoms with Crippen molar-refractivity contribution >= 4 is 29.5 Å². The first-order chi connectivity index (χ1) is 17.3. The van der Waals surface area contributed by atoms with Crippen molar-refractivity contribution in [3.05, 3.63) is 61.2 Å². The van der Waals surface area contributed by atoms with Gasteiger partial charge in [0, 0.05) is 18.3 Å². The summed E-state index contributed by atoms with van der Waals surface area (Å²) in [6, 6.07) is 8.44. The summed E-state index contributed by atoms with van der Waals surface area (Å²) in [7, 11) is 0. The summed E-state index contributed by atoms with van der Waals surface area (Å²) in [6.07, 6.45) is 4.44. The van der Waals surface area contributed by atoms with Crippen LogP contribution in [-0.2, 0) is 25.7 Å². The highest BCUT2D eigenvalue weighted by atomic mass is 32.2. The molecule has 8 heteroatoms. The molecule has 7 nitrogen and oxygen atoms in total. The zero-order valence-electron chi connectivity index (χ0n) is 21.0. The first-order valence-corrected chi connectivity index (χ1v) is 13.6. The molecule has 1 aromatic rings. The number of rotatable bonds is 11. The van der Waals surface area contributed by atoms with Gasteiger partial charge in [-0.1, -0.05) is 62.9 Å². The van der Waals surface area contributed by atoms with Crippen LogP contribution in [0.2, 0.25) is 0 Å². The van der Waals surface area contributed by atoms with E-state index in [0.717, 1.165) is 12.0 Å². The molecule has 2 amide bonds. The molecule has 7 atom stereocenters. The topological polar surface area (TPSA) is 87.1 Å². The zero-order valence-corrected chi connectivity index (χ0v) is 21.9. The molecule has 3 aliphatic rings. The van der Waals surface area contributed by atoms with Crippen LogP contribution in [0.1, 0.15) is 32.3 Å². The summed E-state index contributed by atoms with van der Waals surface area (Å²) >= 11 is 1.61. The predicted molar refractivity (Wildman–Crippen MR) is 140 cm³/mol. The van der Waals surface area contributed by atoms with Crippen LogP contribution < -0.4 is 0 Å². The minimum absolute atomic E-state index is 0.0439. The van der Waals surface area contributed by atoms with Crippen molar-refractivity contribution in [3.8, 4) is 0 Å². The first-order valence-electron chi connectivity index (χ1n) is 12.7. The summed E-state index contributed by atoms with van der Waals surface area (Å²) in [6.45, 7) is 12.0. The minimum Gasteiger partial charge on any atom is -0.461 e. The van der Waals surface area contributed by atoms with Crippen molar-refractivity contribution in [2.24, 2.45) is 17.8 Å². The van der Waals surface area contributed by atoms with Crippen molar-refractivity contribution in [3.63, 3.8) is 0 Å². The monoisotopic (exact) mass is 512 g/mol. The fraction of sp³-hybridized carbons (Fsp3) is 0.536. The average molecular weight is 513 g/mol. The van der Waals surface area contributed by atoms with E-state index in [2.05, 4.69) is 20.1 Å². The Morgan fingerprint density at radius 1 is 1.31 bits per heavy atom. The largest absolute Gasteiger partial charge is 0.461 e. The quantitative estimate of drug-likeness (QED) is 0.362. The molecule has 0 aliphatic carbocycles. The van der Waals surface area contributed by atoms with Gasteiger partial charge in [0.2, 0.25) is 11.8 Å². The number of nitrogens with zero attached hydrogens (tertiary/aromatic N) is 2. The molecule has 3 aliphatic heterocycles. The van der Waals surface area contributed by atoms with Gasteiger partial charge in [0.15, 0.2) is 0 Å². The van der Waals surface area contributed by atoms with Gasteiger partial charge in [0.1, 0.15) is 12.6 Å². The Kier molecular flexibility index (Phi) is 7.95. The van der Waals surface area contributed by atoms with E-state index in [1.54, 1.807) is 27.6 Å². The lowest BCUT2D eigenvalue weighted by Gasteiger charge is -2.42. The van der Waals surface area contributed by atoms with Gasteiger partial charge in [-0.05, 0) is 24.3 Å². The van der Waals surface area contributed by atoms with Crippen LogP contribution in [0.5, 0.6) is 0 Å². The molecule has 3 unspecified atom stereocenters. The van der Waals surface area contributed by atoms with Crippen LogP contribution in [0.25, 0.3) is 0 Å². The summed E-state index contributed by atoms with van der Waals surface area (Å²) < 4.78 is 4.67. The van der Waals surface area contributed by atoms with Gasteiger partial charge in [-0.3, -0.25) is 14.4 Å². The average Bonchev–Trinajstić information content (AvgIpc) is 3.47. The molecule has 4 rings (SSSR count). The Morgan fingerprint density at radius 2 is 2.03 bits per heavy atom. The number of carbonyl (C=O) groups is 3. The molecule has 36 heavy (non-hydrogen) atoms. The minimum atomic E-state index is -0.780. The molecule has 3 saturated heterocycles. The van der Waals surface area contributed by atoms with E-state index in [0.29, 0.717) is 19.5 Å². The number of amides is 2. The van der Waals surface area contributed by atoms with Crippen LogP contribution in [0.4, 0.5) is 0 Å². The number of benzene rings is 1. The smallest absolute Gasteiger partial charge is 0.311 e. The van der Waals surface area contributed by atoms with Crippen LogP contribution >= 0.6 is 11.8 Å². The molecule has 3 heterocycles. The number of hydrogen-bond donors (Lipinski definition) is 1. The van der Waals surface area contributed by atoms with E-state index in [9.17, 15) is 19.5 Å². The summed E-state index contributed by atoms with van der Waals surface area (Å²) in [4.78, 5) is 45.0. The van der Waals surface area contributed by atoms with Crippen LogP contribution in [0, 0.1) is 17.8 Å². The Bertz CT molecular complexity index is 1010. The lowest BCUT2D eigenvalue weighted by molar-refractivity contribution is -0.154. The second-order valence-corrected chi connectivity index (χ2v) is 11.5. The number of thioether (sulfide) groups is 1. The summed E-state index contributed by atoms with van der Waals surface area (Å²) in [5.74, 6) is -2.03. The van der Waals surface area contributed by atoms with E-state index in [4.69, 9.17) is 4.74 Å². The predicted octanol–water partition coefficient (Wildman–Crippen LogP) is 3.04. The molecule has 0 saturated carbocycles. The lowest BCUT2D eigenvalue weighted by atomic mass is 9.66. The van der Waals surface area contributed by atoms with Crippen LogP contribution in [-0.4, -0.2) is 74.5 Å². The van der Waals surface area contributed by atoms with Gasteiger partial charge in [0.05, 0.1) is 29.2 Å². The first kappa shape index (κ1) is 26.5. The molecule has 1 aromatic carbocycles. The molecule has 3 fully saturated rings. The van der Waals surface area contributed by atoms with Gasteiger partial charge >= 0.3 is 5.97 Å². The normalized spacial score (nSPS) is 31.1. The Morgan fingerprint density at radius 3 is 2.64 bits per heavy atom. The second kappa shape index (κ2) is 10.8. The van der Waals surface area contributed by atoms with E-state index in [1.165, 1.54) is 6.08 Å². The highest BCUT2D eigenvalue weighted by Gasteiger charge is 2.77. The second-order valence-electron chi connectivity index (χ2n) is 9.95. The molecular weight excluding hydrogens is 476 g/mol. The lowest BCUT2D eigenvalue weighted by Crippen LogP contribution is -2.59. The fourth-order valence-electron chi connectivity index (χ4n) is 6.42. The van der Waals surface area contributed by atoms with Crippen molar-refractivity contribution in [1.29, 1.82) is 0 Å². The Labute approximate surface area is 217 Å². The molecule has 1 N–H and O–H groups in total. The number of ether oxygens (including phenoxy) is 1. The van der Waals surface area contributed by atoms with Crippen molar-refractivity contribution < 1.29 is 24.2 Å². The highest BCUT2D eigenvalue weighted by molar-refractivity contribution is 8.02. The number of aliphatic hydroxyl groups excluding tert-OH is 1. The third-order valence-electron chi connectivity index (χ3n) is 7.99. The molecule has 194 valence electrons. The van der Waals surface area contributed by atoms with Crippen LogP contribution in [0.3, 0.4) is 0 Å². The van der Waals surface area contributed by atoms with Crippen LogP contribution in [0.15, 0.2) is 55.6 Å². The third-order valence-corrected chi connectivity index (χ3v) is 10.1. The van der Waals surface area contributed by atoms with Crippen molar-refractivity contribution in [2.45, 2.75) is 55.3 Å². The third kappa shape index (κ3) is 4.18.